The number of nitrogens with zero attached hydrogens (tertiary/aromatic N) is 1. The highest BCUT2D eigenvalue weighted by Crippen LogP contribution is 2.36. The summed E-state index contributed by atoms with van der Waals surface area (Å²) in [6.07, 6.45) is 0. The van der Waals surface area contributed by atoms with Gasteiger partial charge < -0.3 is 14.6 Å². The number of benzene rings is 6. The van der Waals surface area contributed by atoms with Gasteiger partial charge >= 0.3 is 0 Å². The second kappa shape index (κ2) is 9.88. The highest BCUT2D eigenvalue weighted by Gasteiger charge is 2.12. The molecule has 0 unspecified atom stereocenters. The van der Waals surface area contributed by atoms with Crippen molar-refractivity contribution < 1.29 is 4.42 Å². The number of nitrogens with one attached hydrogen (secondary N) is 1. The van der Waals surface area contributed by atoms with Crippen molar-refractivity contribution in [1.29, 1.82) is 0 Å². The van der Waals surface area contributed by atoms with E-state index in [1.807, 2.05) is 24.3 Å². The fourth-order valence-electron chi connectivity index (χ4n) is 5.14. The van der Waals surface area contributed by atoms with Crippen LogP contribution in [-0.2, 0) is 0 Å². The summed E-state index contributed by atoms with van der Waals surface area (Å²) >= 11 is 0. The molecular formula is C36H26N2O. The van der Waals surface area contributed by atoms with Gasteiger partial charge in [0.25, 0.3) is 0 Å². The Kier molecular flexibility index (Phi) is 5.80. The fraction of sp³-hybridized carbons (Fsp3) is 0. The third-order valence-electron chi connectivity index (χ3n) is 7.02. The Balaban J connectivity index is 1.17. The van der Waals surface area contributed by atoms with Gasteiger partial charge in [-0.1, -0.05) is 78.9 Å². The fourth-order valence-corrected chi connectivity index (χ4v) is 5.14. The number of para-hydroxylation sites is 3. The third-order valence-corrected chi connectivity index (χ3v) is 7.02. The van der Waals surface area contributed by atoms with E-state index >= 15 is 0 Å². The molecule has 186 valence electrons. The first-order chi connectivity index (χ1) is 19.3. The lowest BCUT2D eigenvalue weighted by atomic mass is 10.0. The average Bonchev–Trinajstić information content (AvgIpc) is 3.37. The van der Waals surface area contributed by atoms with Crippen LogP contribution in [0.15, 0.2) is 156 Å². The zero-order chi connectivity index (χ0) is 26.0. The van der Waals surface area contributed by atoms with E-state index in [1.54, 1.807) is 0 Å². The van der Waals surface area contributed by atoms with Crippen molar-refractivity contribution in [2.45, 2.75) is 0 Å². The van der Waals surface area contributed by atoms with Crippen molar-refractivity contribution in [3.05, 3.63) is 152 Å². The number of anilines is 5. The zero-order valence-corrected chi connectivity index (χ0v) is 21.3. The van der Waals surface area contributed by atoms with Crippen molar-refractivity contribution in [2.24, 2.45) is 0 Å². The number of furan rings is 1. The minimum atomic E-state index is 0.915. The summed E-state index contributed by atoms with van der Waals surface area (Å²) in [6.45, 7) is 0. The first-order valence-corrected chi connectivity index (χ1v) is 13.1. The van der Waals surface area contributed by atoms with E-state index in [0.29, 0.717) is 0 Å². The van der Waals surface area contributed by atoms with Gasteiger partial charge in [0.15, 0.2) is 0 Å². The summed E-state index contributed by atoms with van der Waals surface area (Å²) in [5.74, 6) is 0. The van der Waals surface area contributed by atoms with Crippen LogP contribution in [0.4, 0.5) is 28.4 Å². The molecule has 1 N–H and O–H groups in total. The number of fused-ring (bicyclic) bond motifs is 3. The van der Waals surface area contributed by atoms with Crippen LogP contribution in [0.3, 0.4) is 0 Å². The maximum absolute atomic E-state index is 6.00. The Morgan fingerprint density at radius 2 is 1.03 bits per heavy atom. The number of hydrogen-bond donors (Lipinski definition) is 1. The van der Waals surface area contributed by atoms with Crippen LogP contribution in [0.25, 0.3) is 33.1 Å². The quantitative estimate of drug-likeness (QED) is 0.245. The molecule has 0 saturated heterocycles. The van der Waals surface area contributed by atoms with Gasteiger partial charge in [0.2, 0.25) is 0 Å². The summed E-state index contributed by atoms with van der Waals surface area (Å²) in [5, 5.41) is 5.88. The molecule has 0 amide bonds. The van der Waals surface area contributed by atoms with Gasteiger partial charge in [0.05, 0.1) is 0 Å². The first kappa shape index (κ1) is 22.9. The number of hydrogen-bond acceptors (Lipinski definition) is 3. The summed E-state index contributed by atoms with van der Waals surface area (Å²) in [5.41, 5.74) is 9.57. The van der Waals surface area contributed by atoms with Gasteiger partial charge in [-0.25, -0.2) is 0 Å². The van der Waals surface area contributed by atoms with E-state index in [2.05, 4.69) is 138 Å². The molecule has 0 radical (unpaired) electrons. The van der Waals surface area contributed by atoms with Gasteiger partial charge in [-0.05, 0) is 83.9 Å². The standard InChI is InChI=1S/C36H26N2O/c1-3-11-30(12-4-1)38(31-13-5-2-6-14-31)32-15-9-10-29(25-32)37-28-21-18-26(19-22-28)27-20-23-36-34(24-27)33-16-7-8-17-35(33)39-36/h1-25,37H. The van der Waals surface area contributed by atoms with Gasteiger partial charge in [-0.3, -0.25) is 0 Å². The van der Waals surface area contributed by atoms with E-state index in [4.69, 9.17) is 4.42 Å². The molecule has 0 fully saturated rings. The molecule has 0 spiro atoms. The van der Waals surface area contributed by atoms with E-state index < -0.39 is 0 Å². The molecule has 3 nitrogen and oxygen atoms in total. The van der Waals surface area contributed by atoms with Crippen LogP contribution >= 0.6 is 0 Å². The molecule has 0 aliphatic carbocycles. The summed E-state index contributed by atoms with van der Waals surface area (Å²) in [4.78, 5) is 2.27. The van der Waals surface area contributed by atoms with Crippen LogP contribution in [0.2, 0.25) is 0 Å². The number of rotatable bonds is 6. The lowest BCUT2D eigenvalue weighted by Crippen LogP contribution is -2.09. The van der Waals surface area contributed by atoms with Crippen LogP contribution < -0.4 is 10.2 Å². The molecule has 0 atom stereocenters. The third kappa shape index (κ3) is 4.51. The second-order valence-corrected chi connectivity index (χ2v) is 9.57. The molecule has 3 heteroatoms. The second-order valence-electron chi connectivity index (χ2n) is 9.57. The smallest absolute Gasteiger partial charge is 0.135 e. The van der Waals surface area contributed by atoms with E-state index in [9.17, 15) is 0 Å². The van der Waals surface area contributed by atoms with Crippen LogP contribution in [0.1, 0.15) is 0 Å². The molecule has 6 aromatic carbocycles. The average molecular weight is 503 g/mol. The topological polar surface area (TPSA) is 28.4 Å². The van der Waals surface area contributed by atoms with Crippen LogP contribution in [0, 0.1) is 0 Å². The molecule has 0 aliphatic rings. The van der Waals surface area contributed by atoms with Crippen molar-refractivity contribution in [3.63, 3.8) is 0 Å². The molecule has 0 bridgehead atoms. The Labute approximate surface area is 227 Å². The molecular weight excluding hydrogens is 476 g/mol. The Hall–Kier alpha value is -5.28. The molecule has 0 saturated carbocycles. The Bertz CT molecular complexity index is 1830. The van der Waals surface area contributed by atoms with Gasteiger partial charge in [-0.15, -0.1) is 0 Å². The van der Waals surface area contributed by atoms with Crippen LogP contribution in [-0.4, -0.2) is 0 Å². The molecule has 1 heterocycles. The molecule has 7 aromatic rings. The predicted octanol–water partition coefficient (Wildman–Crippen LogP) is 10.5. The van der Waals surface area contributed by atoms with Gasteiger partial charge in [-0.2, -0.15) is 0 Å². The summed E-state index contributed by atoms with van der Waals surface area (Å²) in [6, 6.07) is 52.6. The lowest BCUT2D eigenvalue weighted by molar-refractivity contribution is 0.669. The molecule has 0 aliphatic heterocycles. The Morgan fingerprint density at radius 1 is 0.410 bits per heavy atom. The molecule has 7 rings (SSSR count). The van der Waals surface area contributed by atoms with Crippen molar-refractivity contribution in [2.75, 3.05) is 10.2 Å². The highest BCUT2D eigenvalue weighted by molar-refractivity contribution is 6.06. The first-order valence-electron chi connectivity index (χ1n) is 13.1. The predicted molar refractivity (Wildman–Crippen MR) is 164 cm³/mol. The maximum Gasteiger partial charge on any atom is 0.135 e. The monoisotopic (exact) mass is 502 g/mol. The Morgan fingerprint density at radius 3 is 1.77 bits per heavy atom. The van der Waals surface area contributed by atoms with E-state index in [1.165, 1.54) is 11.1 Å². The van der Waals surface area contributed by atoms with Gasteiger partial charge in [0, 0.05) is 39.2 Å². The minimum Gasteiger partial charge on any atom is -0.456 e. The lowest BCUT2D eigenvalue weighted by Gasteiger charge is -2.26. The zero-order valence-electron chi connectivity index (χ0n) is 21.3. The summed E-state index contributed by atoms with van der Waals surface area (Å²) < 4.78 is 6.00. The normalized spacial score (nSPS) is 11.1. The highest BCUT2D eigenvalue weighted by atomic mass is 16.3. The summed E-state index contributed by atoms with van der Waals surface area (Å²) in [7, 11) is 0. The maximum atomic E-state index is 6.00. The van der Waals surface area contributed by atoms with Crippen molar-refractivity contribution in [1.82, 2.24) is 0 Å². The van der Waals surface area contributed by atoms with E-state index in [0.717, 1.165) is 50.4 Å². The minimum absolute atomic E-state index is 0.915. The van der Waals surface area contributed by atoms with E-state index in [-0.39, 0.29) is 0 Å². The van der Waals surface area contributed by atoms with Crippen molar-refractivity contribution in [3.8, 4) is 11.1 Å². The molecule has 1 aromatic heterocycles. The van der Waals surface area contributed by atoms with Crippen molar-refractivity contribution >= 4 is 50.4 Å². The van der Waals surface area contributed by atoms with Gasteiger partial charge in [0.1, 0.15) is 11.2 Å². The van der Waals surface area contributed by atoms with Crippen LogP contribution in [0.5, 0.6) is 0 Å². The SMILES string of the molecule is c1ccc(N(c2ccccc2)c2cccc(Nc3ccc(-c4ccc5oc6ccccc6c5c4)cc3)c2)cc1. The molecule has 39 heavy (non-hydrogen) atoms. The largest absolute Gasteiger partial charge is 0.456 e.